The number of rotatable bonds is 5. The van der Waals surface area contributed by atoms with E-state index in [1.54, 1.807) is 41.9 Å². The molecule has 0 saturated carbocycles. The van der Waals surface area contributed by atoms with Gasteiger partial charge in [0, 0.05) is 18.6 Å². The number of halogens is 3. The second-order valence-electron chi connectivity index (χ2n) is 8.50. The van der Waals surface area contributed by atoms with Crippen molar-refractivity contribution in [2.45, 2.75) is 31.6 Å². The third-order valence-electron chi connectivity index (χ3n) is 5.99. The Labute approximate surface area is 204 Å². The predicted octanol–water partition coefficient (Wildman–Crippen LogP) is 5.30. The fraction of sp³-hybridized carbons (Fsp3) is 0.240. The van der Waals surface area contributed by atoms with Crippen molar-refractivity contribution in [3.05, 3.63) is 83.7 Å². The van der Waals surface area contributed by atoms with E-state index in [0.717, 1.165) is 10.4 Å². The Hall–Kier alpha value is -4.28. The number of para-hydroxylation sites is 1. The number of aromatic nitrogens is 4. The smallest absolute Gasteiger partial charge is 0.410 e. The molecule has 2 atom stereocenters. The van der Waals surface area contributed by atoms with Gasteiger partial charge in [0.05, 0.1) is 24.5 Å². The number of amides is 1. The lowest BCUT2D eigenvalue weighted by atomic mass is 9.97. The van der Waals surface area contributed by atoms with Crippen LogP contribution in [-0.4, -0.2) is 38.8 Å². The second kappa shape index (κ2) is 9.06. The average molecular weight is 496 g/mol. The lowest BCUT2D eigenvalue weighted by molar-refractivity contribution is -0.173. The van der Waals surface area contributed by atoms with E-state index in [1.807, 2.05) is 30.3 Å². The highest BCUT2D eigenvalue weighted by atomic mass is 19.4. The first kappa shape index (κ1) is 23.5. The molecule has 11 heteroatoms. The summed E-state index contributed by atoms with van der Waals surface area (Å²) in [5.74, 6) is 0.385. The minimum atomic E-state index is -4.56. The summed E-state index contributed by atoms with van der Waals surface area (Å²) >= 11 is 0. The van der Waals surface area contributed by atoms with E-state index in [2.05, 4.69) is 20.8 Å². The van der Waals surface area contributed by atoms with E-state index in [4.69, 9.17) is 4.74 Å². The average Bonchev–Trinajstić information content (AvgIpc) is 3.46. The minimum Gasteiger partial charge on any atom is -0.497 e. The maximum Gasteiger partial charge on any atom is 0.410 e. The van der Waals surface area contributed by atoms with Crippen LogP contribution in [0.1, 0.15) is 40.3 Å². The van der Waals surface area contributed by atoms with Gasteiger partial charge in [0.15, 0.2) is 11.7 Å². The molecule has 0 spiro atoms. The monoisotopic (exact) mass is 496 g/mol. The van der Waals surface area contributed by atoms with E-state index < -0.39 is 24.2 Å². The van der Waals surface area contributed by atoms with Crippen molar-refractivity contribution in [3.8, 4) is 11.4 Å². The number of hydrogen-bond acceptors (Lipinski definition) is 5. The molecule has 3 heterocycles. The number of nitrogens with zero attached hydrogens (tertiary/aromatic N) is 4. The molecule has 0 saturated heterocycles. The quantitative estimate of drug-likeness (QED) is 0.392. The molecule has 0 unspecified atom stereocenters. The van der Waals surface area contributed by atoms with Crippen molar-refractivity contribution in [2.24, 2.45) is 0 Å². The largest absolute Gasteiger partial charge is 0.497 e. The molecular formula is C25H23F3N6O2. The van der Waals surface area contributed by atoms with Crippen molar-refractivity contribution in [3.63, 3.8) is 0 Å². The lowest BCUT2D eigenvalue weighted by Crippen LogP contribution is -2.35. The van der Waals surface area contributed by atoms with Crippen molar-refractivity contribution >= 4 is 17.5 Å². The number of carbonyl (C=O) groups is 1. The van der Waals surface area contributed by atoms with E-state index in [1.165, 1.54) is 13.2 Å². The summed E-state index contributed by atoms with van der Waals surface area (Å²) in [7, 11) is 1.50. The highest BCUT2D eigenvalue weighted by molar-refractivity contribution is 6.03. The Kier molecular flexibility index (Phi) is 5.91. The van der Waals surface area contributed by atoms with Gasteiger partial charge in [-0.1, -0.05) is 30.3 Å². The molecule has 8 nitrogen and oxygen atoms in total. The van der Waals surface area contributed by atoms with E-state index in [9.17, 15) is 18.0 Å². The Bertz CT molecular complexity index is 1400. The number of carbonyl (C=O) groups excluding carboxylic acids is 1. The number of aryl methyl sites for hydroxylation is 1. The van der Waals surface area contributed by atoms with Crippen LogP contribution < -0.4 is 15.4 Å². The molecule has 0 aliphatic carbocycles. The van der Waals surface area contributed by atoms with E-state index in [0.29, 0.717) is 22.8 Å². The summed E-state index contributed by atoms with van der Waals surface area (Å²) in [4.78, 5) is 13.1. The molecule has 0 bridgehead atoms. The molecule has 5 rings (SSSR count). The van der Waals surface area contributed by atoms with Crippen molar-refractivity contribution in [1.29, 1.82) is 0 Å². The van der Waals surface area contributed by atoms with Crippen LogP contribution in [0.2, 0.25) is 0 Å². The first-order valence-electron chi connectivity index (χ1n) is 11.2. The van der Waals surface area contributed by atoms with Gasteiger partial charge in [-0.15, -0.1) is 0 Å². The van der Waals surface area contributed by atoms with Crippen molar-refractivity contribution < 1.29 is 22.7 Å². The number of hydrogen-bond donors (Lipinski definition) is 2. The Morgan fingerprint density at radius 2 is 1.86 bits per heavy atom. The van der Waals surface area contributed by atoms with Gasteiger partial charge in [-0.05, 0) is 36.8 Å². The van der Waals surface area contributed by atoms with Crippen LogP contribution in [0.5, 0.6) is 5.75 Å². The maximum absolute atomic E-state index is 14.0. The highest BCUT2D eigenvalue weighted by Crippen LogP contribution is 2.44. The summed E-state index contributed by atoms with van der Waals surface area (Å²) < 4.78 is 49.7. The standard InChI is InChI=1S/C25H23F3N6O2/c1-15-11-22(33(31-15)17-8-4-3-5-9-17)30-24(35)20-14-23-29-19(16-7-6-10-18(12-16)36-2)13-21(25(26,27)28)34(23)32-20/h3-12,14,19,21,29H,13H2,1-2H3,(H,30,35)/t19-,21-/m1/s1. The van der Waals surface area contributed by atoms with Crippen LogP contribution in [0.3, 0.4) is 0 Å². The first-order valence-corrected chi connectivity index (χ1v) is 11.2. The third kappa shape index (κ3) is 4.51. The Morgan fingerprint density at radius 1 is 1.08 bits per heavy atom. The molecule has 1 aliphatic heterocycles. The molecule has 0 fully saturated rings. The molecule has 0 radical (unpaired) electrons. The summed E-state index contributed by atoms with van der Waals surface area (Å²) in [5.41, 5.74) is 1.89. The van der Waals surface area contributed by atoms with Gasteiger partial charge in [0.1, 0.15) is 17.4 Å². The number of fused-ring (bicyclic) bond motifs is 1. The number of nitrogens with one attached hydrogen (secondary N) is 2. The van der Waals surface area contributed by atoms with Crippen LogP contribution >= 0.6 is 0 Å². The first-order chi connectivity index (χ1) is 17.2. The van der Waals surface area contributed by atoms with Crippen molar-refractivity contribution in [2.75, 3.05) is 17.7 Å². The summed E-state index contributed by atoms with van der Waals surface area (Å²) in [6.45, 7) is 1.78. The molecule has 1 amide bonds. The zero-order valence-electron chi connectivity index (χ0n) is 19.5. The second-order valence-corrected chi connectivity index (χ2v) is 8.50. The van der Waals surface area contributed by atoms with Crippen LogP contribution in [0, 0.1) is 6.92 Å². The minimum absolute atomic E-state index is 0.106. The molecular weight excluding hydrogens is 473 g/mol. The third-order valence-corrected chi connectivity index (χ3v) is 5.99. The molecule has 186 valence electrons. The van der Waals surface area contributed by atoms with Gasteiger partial charge < -0.3 is 15.4 Å². The van der Waals surface area contributed by atoms with Gasteiger partial charge in [0.2, 0.25) is 0 Å². The summed E-state index contributed by atoms with van der Waals surface area (Å²) in [5, 5.41) is 14.3. The molecule has 1 aliphatic rings. The summed E-state index contributed by atoms with van der Waals surface area (Å²) in [6.07, 6.45) is -4.84. The van der Waals surface area contributed by atoms with Crippen LogP contribution in [0.15, 0.2) is 66.7 Å². The van der Waals surface area contributed by atoms with E-state index in [-0.39, 0.29) is 17.9 Å². The van der Waals surface area contributed by atoms with Crippen LogP contribution in [-0.2, 0) is 0 Å². The SMILES string of the molecule is COc1cccc([C@H]2C[C@H](C(F)(F)F)n3nc(C(=O)Nc4cc(C)nn4-c4ccccc4)cc3N2)c1. The Balaban J connectivity index is 1.45. The normalized spacial score (nSPS) is 17.2. The number of alkyl halides is 3. The number of anilines is 2. The Morgan fingerprint density at radius 3 is 2.58 bits per heavy atom. The molecule has 2 aromatic heterocycles. The topological polar surface area (TPSA) is 86.0 Å². The predicted molar refractivity (Wildman–Crippen MR) is 128 cm³/mol. The fourth-order valence-corrected chi connectivity index (χ4v) is 4.30. The zero-order valence-corrected chi connectivity index (χ0v) is 19.5. The van der Waals surface area contributed by atoms with Crippen LogP contribution in [0.4, 0.5) is 24.8 Å². The summed E-state index contributed by atoms with van der Waals surface area (Å²) in [6, 6.07) is 16.5. The number of benzene rings is 2. The zero-order chi connectivity index (χ0) is 25.4. The van der Waals surface area contributed by atoms with Gasteiger partial charge >= 0.3 is 6.18 Å². The van der Waals surface area contributed by atoms with Gasteiger partial charge in [0.25, 0.3) is 5.91 Å². The number of methoxy groups -OCH3 is 1. The van der Waals surface area contributed by atoms with Crippen LogP contribution in [0.25, 0.3) is 5.69 Å². The number of ether oxygens (including phenoxy) is 1. The van der Waals surface area contributed by atoms with Gasteiger partial charge in [-0.2, -0.15) is 23.4 Å². The maximum atomic E-state index is 14.0. The van der Waals surface area contributed by atoms with E-state index >= 15 is 0 Å². The highest BCUT2D eigenvalue weighted by Gasteiger charge is 2.47. The molecule has 2 N–H and O–H groups in total. The van der Waals surface area contributed by atoms with Gasteiger partial charge in [-0.3, -0.25) is 4.79 Å². The van der Waals surface area contributed by atoms with Gasteiger partial charge in [-0.25, -0.2) is 9.36 Å². The lowest BCUT2D eigenvalue weighted by Gasteiger charge is -2.33. The molecule has 2 aromatic carbocycles. The fourth-order valence-electron chi connectivity index (χ4n) is 4.30. The van der Waals surface area contributed by atoms with Crippen molar-refractivity contribution in [1.82, 2.24) is 19.6 Å². The molecule has 36 heavy (non-hydrogen) atoms. The molecule has 4 aromatic rings.